The zero-order valence-electron chi connectivity index (χ0n) is 12.5. The van der Waals surface area contributed by atoms with Crippen LogP contribution in [0.4, 0.5) is 0 Å². The van der Waals surface area contributed by atoms with Crippen LogP contribution in [0.3, 0.4) is 0 Å². The Morgan fingerprint density at radius 1 is 1.38 bits per heavy atom. The van der Waals surface area contributed by atoms with Crippen molar-refractivity contribution in [2.24, 2.45) is 7.05 Å². The van der Waals surface area contributed by atoms with Crippen molar-refractivity contribution in [2.75, 3.05) is 5.75 Å². The van der Waals surface area contributed by atoms with Gasteiger partial charge in [-0.25, -0.2) is 4.98 Å². The molecule has 0 saturated heterocycles. The molecule has 6 heteroatoms. The second kappa shape index (κ2) is 6.40. The third-order valence-electron chi connectivity index (χ3n) is 4.47. The number of thioether (sulfide) groups is 1. The van der Waals surface area contributed by atoms with E-state index in [0.717, 1.165) is 10.9 Å². The van der Waals surface area contributed by atoms with Crippen molar-refractivity contribution in [2.45, 2.75) is 62.4 Å². The third kappa shape index (κ3) is 3.26. The number of hydrogen-bond donors (Lipinski definition) is 1. The first-order valence-corrected chi connectivity index (χ1v) is 8.74. The van der Waals surface area contributed by atoms with E-state index in [1.54, 1.807) is 6.20 Å². The Morgan fingerprint density at radius 2 is 2.05 bits per heavy atom. The minimum absolute atomic E-state index is 0.0196. The molecule has 2 fully saturated rings. The second-order valence-corrected chi connectivity index (χ2v) is 6.95. The van der Waals surface area contributed by atoms with Crippen molar-refractivity contribution in [3.05, 3.63) is 11.9 Å². The van der Waals surface area contributed by atoms with E-state index in [1.165, 1.54) is 50.3 Å². The predicted octanol–water partition coefficient (Wildman–Crippen LogP) is 1.94. The number of aliphatic hydroxyl groups is 1. The number of imidazole rings is 1. The van der Waals surface area contributed by atoms with Gasteiger partial charge in [0, 0.05) is 19.1 Å². The number of carbonyl (C=O) groups is 1. The normalized spacial score (nSPS) is 19.1. The highest BCUT2D eigenvalue weighted by atomic mass is 32.2. The van der Waals surface area contributed by atoms with Crippen LogP contribution in [-0.4, -0.2) is 43.3 Å². The summed E-state index contributed by atoms with van der Waals surface area (Å²) in [6.45, 7) is -0.0196. The highest BCUT2D eigenvalue weighted by molar-refractivity contribution is 7.99. The largest absolute Gasteiger partial charge is 0.390 e. The van der Waals surface area contributed by atoms with Gasteiger partial charge >= 0.3 is 0 Å². The van der Waals surface area contributed by atoms with E-state index >= 15 is 0 Å². The van der Waals surface area contributed by atoms with Crippen LogP contribution >= 0.6 is 11.8 Å². The number of aliphatic hydroxyl groups excluding tert-OH is 1. The molecule has 1 aromatic rings. The van der Waals surface area contributed by atoms with E-state index < -0.39 is 0 Å². The molecule has 3 rings (SSSR count). The Morgan fingerprint density at radius 3 is 2.62 bits per heavy atom. The van der Waals surface area contributed by atoms with Crippen LogP contribution < -0.4 is 0 Å². The molecule has 116 valence electrons. The monoisotopic (exact) mass is 309 g/mol. The number of amides is 1. The van der Waals surface area contributed by atoms with E-state index in [4.69, 9.17) is 0 Å². The molecule has 0 unspecified atom stereocenters. The molecule has 0 radical (unpaired) electrons. The average molecular weight is 309 g/mol. The van der Waals surface area contributed by atoms with E-state index in [9.17, 15) is 9.90 Å². The highest BCUT2D eigenvalue weighted by Gasteiger charge is 2.38. The quantitative estimate of drug-likeness (QED) is 0.816. The second-order valence-electron chi connectivity index (χ2n) is 6.01. The maximum absolute atomic E-state index is 12.6. The van der Waals surface area contributed by atoms with Gasteiger partial charge in [-0.1, -0.05) is 24.6 Å². The van der Waals surface area contributed by atoms with Crippen molar-refractivity contribution >= 4 is 17.7 Å². The molecule has 2 saturated carbocycles. The Labute approximate surface area is 129 Å². The molecule has 1 N–H and O–H groups in total. The van der Waals surface area contributed by atoms with Crippen LogP contribution in [0.2, 0.25) is 0 Å². The van der Waals surface area contributed by atoms with E-state index in [2.05, 4.69) is 9.88 Å². The summed E-state index contributed by atoms with van der Waals surface area (Å²) in [6, 6.07) is 0.968. The van der Waals surface area contributed by atoms with E-state index in [1.807, 2.05) is 11.6 Å². The molecule has 2 aliphatic carbocycles. The summed E-state index contributed by atoms with van der Waals surface area (Å²) in [5.41, 5.74) is 0.778. The molecule has 0 spiro atoms. The Balaban J connectivity index is 1.60. The molecule has 0 atom stereocenters. The summed E-state index contributed by atoms with van der Waals surface area (Å²) >= 11 is 1.47. The third-order valence-corrected chi connectivity index (χ3v) is 5.50. The number of rotatable bonds is 6. The number of hydrogen-bond acceptors (Lipinski definition) is 4. The fourth-order valence-electron chi connectivity index (χ4n) is 3.15. The summed E-state index contributed by atoms with van der Waals surface area (Å²) in [6.07, 6.45) is 8.87. The molecule has 1 aromatic heterocycles. The first-order valence-electron chi connectivity index (χ1n) is 7.76. The Bertz CT molecular complexity index is 507. The Hall–Kier alpha value is -1.01. The van der Waals surface area contributed by atoms with Gasteiger partial charge in [-0.15, -0.1) is 0 Å². The van der Waals surface area contributed by atoms with Gasteiger partial charge in [0.1, 0.15) is 0 Å². The lowest BCUT2D eigenvalue weighted by molar-refractivity contribution is -0.131. The molecular weight excluding hydrogens is 286 g/mol. The van der Waals surface area contributed by atoms with Crippen LogP contribution in [0.25, 0.3) is 0 Å². The topological polar surface area (TPSA) is 58.4 Å². The van der Waals surface area contributed by atoms with Gasteiger partial charge in [-0.3, -0.25) is 4.79 Å². The molecule has 2 aliphatic rings. The molecule has 0 bridgehead atoms. The molecule has 0 aliphatic heterocycles. The van der Waals surface area contributed by atoms with Gasteiger partial charge < -0.3 is 14.6 Å². The van der Waals surface area contributed by atoms with Crippen LogP contribution in [0, 0.1) is 0 Å². The standard InChI is InChI=1S/C15H23N3O2S/c1-17-13(9-19)8-16-15(17)21-10-14(20)18(12-6-7-12)11-4-2-3-5-11/h8,11-12,19H,2-7,9-10H2,1H3. The lowest BCUT2D eigenvalue weighted by atomic mass is 10.2. The molecule has 21 heavy (non-hydrogen) atoms. The first kappa shape index (κ1) is 14.9. The van der Waals surface area contributed by atoms with Crippen molar-refractivity contribution in [1.29, 1.82) is 0 Å². The van der Waals surface area contributed by atoms with Crippen LogP contribution in [0.5, 0.6) is 0 Å². The number of nitrogens with zero attached hydrogens (tertiary/aromatic N) is 3. The summed E-state index contributed by atoms with van der Waals surface area (Å²) in [5.74, 6) is 0.700. The van der Waals surface area contributed by atoms with Gasteiger partial charge in [-0.05, 0) is 25.7 Å². The fraction of sp³-hybridized carbons (Fsp3) is 0.733. The minimum Gasteiger partial charge on any atom is -0.390 e. The summed E-state index contributed by atoms with van der Waals surface area (Å²) in [7, 11) is 1.88. The van der Waals surface area contributed by atoms with Crippen molar-refractivity contribution in [3.63, 3.8) is 0 Å². The van der Waals surface area contributed by atoms with Crippen molar-refractivity contribution < 1.29 is 9.90 Å². The zero-order valence-corrected chi connectivity index (χ0v) is 13.3. The lowest BCUT2D eigenvalue weighted by Gasteiger charge is -2.29. The van der Waals surface area contributed by atoms with Gasteiger partial charge in [0.2, 0.25) is 5.91 Å². The fourth-order valence-corrected chi connectivity index (χ4v) is 3.99. The summed E-state index contributed by atoms with van der Waals surface area (Å²) in [5, 5.41) is 9.98. The van der Waals surface area contributed by atoms with Gasteiger partial charge in [0.15, 0.2) is 5.16 Å². The average Bonchev–Trinajstić information content (AvgIpc) is 3.03. The highest BCUT2D eigenvalue weighted by Crippen LogP contribution is 2.35. The maximum atomic E-state index is 12.6. The molecule has 1 amide bonds. The van der Waals surface area contributed by atoms with Gasteiger partial charge in [0.05, 0.1) is 24.3 Å². The van der Waals surface area contributed by atoms with Crippen LogP contribution in [-0.2, 0) is 18.4 Å². The lowest BCUT2D eigenvalue weighted by Crippen LogP contribution is -2.41. The molecular formula is C15H23N3O2S. The van der Waals surface area contributed by atoms with Crippen LogP contribution in [0.1, 0.15) is 44.2 Å². The Kier molecular flexibility index (Phi) is 4.54. The predicted molar refractivity (Wildman–Crippen MR) is 82.0 cm³/mol. The SMILES string of the molecule is Cn1c(CO)cnc1SCC(=O)N(C1CCCC1)C1CC1. The number of carbonyl (C=O) groups excluding carboxylic acids is 1. The minimum atomic E-state index is -0.0196. The summed E-state index contributed by atoms with van der Waals surface area (Å²) in [4.78, 5) is 19.0. The molecule has 5 nitrogen and oxygen atoms in total. The maximum Gasteiger partial charge on any atom is 0.233 e. The molecule has 0 aromatic carbocycles. The van der Waals surface area contributed by atoms with Gasteiger partial charge in [-0.2, -0.15) is 0 Å². The van der Waals surface area contributed by atoms with Gasteiger partial charge in [0.25, 0.3) is 0 Å². The van der Waals surface area contributed by atoms with Crippen molar-refractivity contribution in [3.8, 4) is 0 Å². The first-order chi connectivity index (χ1) is 10.2. The zero-order chi connectivity index (χ0) is 14.8. The molecule has 1 heterocycles. The van der Waals surface area contributed by atoms with E-state index in [0.29, 0.717) is 17.8 Å². The van der Waals surface area contributed by atoms with Crippen LogP contribution in [0.15, 0.2) is 11.4 Å². The smallest absolute Gasteiger partial charge is 0.233 e. The van der Waals surface area contributed by atoms with E-state index in [-0.39, 0.29) is 12.5 Å². The summed E-state index contributed by atoms with van der Waals surface area (Å²) < 4.78 is 1.86. The van der Waals surface area contributed by atoms with Crippen molar-refractivity contribution in [1.82, 2.24) is 14.5 Å². The number of aromatic nitrogens is 2.